The number of ether oxygens (including phenoxy) is 1. The van der Waals surface area contributed by atoms with Crippen LogP contribution in [-0.4, -0.2) is 30.1 Å². The van der Waals surface area contributed by atoms with Crippen molar-refractivity contribution in [2.45, 2.75) is 19.4 Å². The van der Waals surface area contributed by atoms with Crippen LogP contribution in [0.25, 0.3) is 33.3 Å². The van der Waals surface area contributed by atoms with Gasteiger partial charge in [0.15, 0.2) is 0 Å². The van der Waals surface area contributed by atoms with Gasteiger partial charge in [-0.1, -0.05) is 30.3 Å². The third-order valence-electron chi connectivity index (χ3n) is 6.15. The van der Waals surface area contributed by atoms with Crippen molar-refractivity contribution < 1.29 is 4.74 Å². The molecular weight excluding hydrogens is 382 g/mol. The molecule has 0 bridgehead atoms. The van der Waals surface area contributed by atoms with Gasteiger partial charge in [0, 0.05) is 28.7 Å². The summed E-state index contributed by atoms with van der Waals surface area (Å²) in [6, 6.07) is 24.9. The largest absolute Gasteiger partial charge is 0.497 e. The van der Waals surface area contributed by atoms with Crippen molar-refractivity contribution in [1.29, 1.82) is 0 Å². The number of hydrogen-bond acceptors (Lipinski definition) is 4. The third-order valence-corrected chi connectivity index (χ3v) is 6.15. The summed E-state index contributed by atoms with van der Waals surface area (Å²) in [4.78, 5) is 7.48. The molecule has 0 spiro atoms. The molecular formula is C27H27N3O. The van der Waals surface area contributed by atoms with Crippen molar-refractivity contribution >= 4 is 16.6 Å². The number of anilines is 1. The van der Waals surface area contributed by atoms with Crippen molar-refractivity contribution in [3.05, 3.63) is 78.4 Å². The number of nitrogens with two attached hydrogens (primary N) is 1. The molecule has 3 aromatic carbocycles. The molecule has 2 N–H and O–H groups in total. The molecule has 1 aliphatic heterocycles. The summed E-state index contributed by atoms with van der Waals surface area (Å²) in [7, 11) is 1.68. The number of methoxy groups -OCH3 is 1. The fraction of sp³-hybridized carbons (Fsp3) is 0.222. The van der Waals surface area contributed by atoms with Crippen LogP contribution < -0.4 is 10.5 Å². The van der Waals surface area contributed by atoms with Crippen LogP contribution in [0.2, 0.25) is 0 Å². The van der Waals surface area contributed by atoms with Crippen molar-refractivity contribution in [3.63, 3.8) is 0 Å². The lowest BCUT2D eigenvalue weighted by molar-refractivity contribution is 0.332. The highest BCUT2D eigenvalue weighted by Crippen LogP contribution is 2.38. The Bertz CT molecular complexity index is 1210. The predicted molar refractivity (Wildman–Crippen MR) is 128 cm³/mol. The number of hydrogen-bond donors (Lipinski definition) is 1. The van der Waals surface area contributed by atoms with Crippen molar-refractivity contribution in [2.75, 3.05) is 25.9 Å². The first kappa shape index (κ1) is 19.6. The molecule has 0 radical (unpaired) electrons. The van der Waals surface area contributed by atoms with Gasteiger partial charge in [-0.2, -0.15) is 0 Å². The monoisotopic (exact) mass is 409 g/mol. The Morgan fingerprint density at radius 2 is 1.71 bits per heavy atom. The summed E-state index contributed by atoms with van der Waals surface area (Å²) in [6.45, 7) is 3.24. The van der Waals surface area contributed by atoms with Crippen LogP contribution in [0, 0.1) is 0 Å². The number of benzene rings is 3. The van der Waals surface area contributed by atoms with E-state index in [0.717, 1.165) is 64.4 Å². The molecule has 5 rings (SSSR count). The maximum absolute atomic E-state index is 6.59. The fourth-order valence-electron chi connectivity index (χ4n) is 4.55. The SMILES string of the molecule is COc1ccc(-c2cc(-c3c(N)cccc3CN3CCCC3)c3ccccc3n2)cc1. The summed E-state index contributed by atoms with van der Waals surface area (Å²) in [5.41, 5.74) is 13.9. The number of para-hydroxylation sites is 1. The summed E-state index contributed by atoms with van der Waals surface area (Å²) in [5.74, 6) is 0.838. The molecule has 1 aromatic heterocycles. The molecule has 1 fully saturated rings. The van der Waals surface area contributed by atoms with Crippen LogP contribution >= 0.6 is 0 Å². The summed E-state index contributed by atoms with van der Waals surface area (Å²) in [5, 5.41) is 1.13. The Hall–Kier alpha value is -3.37. The number of rotatable bonds is 5. The number of aromatic nitrogens is 1. The van der Waals surface area contributed by atoms with E-state index in [9.17, 15) is 0 Å². The average molecular weight is 410 g/mol. The van der Waals surface area contributed by atoms with Crippen LogP contribution in [0.5, 0.6) is 5.75 Å². The quantitative estimate of drug-likeness (QED) is 0.426. The van der Waals surface area contributed by atoms with E-state index in [1.807, 2.05) is 24.3 Å². The molecule has 31 heavy (non-hydrogen) atoms. The maximum Gasteiger partial charge on any atom is 0.118 e. The van der Waals surface area contributed by atoms with Gasteiger partial charge >= 0.3 is 0 Å². The van der Waals surface area contributed by atoms with Gasteiger partial charge in [0.1, 0.15) is 5.75 Å². The van der Waals surface area contributed by atoms with Crippen molar-refractivity contribution in [2.24, 2.45) is 0 Å². The third kappa shape index (κ3) is 3.87. The first-order valence-corrected chi connectivity index (χ1v) is 10.9. The number of fused-ring (bicyclic) bond motifs is 1. The smallest absolute Gasteiger partial charge is 0.118 e. The molecule has 4 nitrogen and oxygen atoms in total. The Labute approximate surface area is 183 Å². The zero-order valence-electron chi connectivity index (χ0n) is 17.8. The van der Waals surface area contributed by atoms with Gasteiger partial charge < -0.3 is 10.5 Å². The van der Waals surface area contributed by atoms with Crippen LogP contribution in [-0.2, 0) is 6.54 Å². The minimum Gasteiger partial charge on any atom is -0.497 e. The molecule has 0 saturated carbocycles. The first-order valence-electron chi connectivity index (χ1n) is 10.9. The van der Waals surface area contributed by atoms with E-state index in [1.54, 1.807) is 7.11 Å². The average Bonchev–Trinajstić information content (AvgIpc) is 3.32. The van der Waals surface area contributed by atoms with Crippen molar-refractivity contribution in [1.82, 2.24) is 9.88 Å². The molecule has 4 aromatic rings. The number of nitrogen functional groups attached to an aromatic ring is 1. The van der Waals surface area contributed by atoms with Crippen LogP contribution in [0.4, 0.5) is 5.69 Å². The maximum atomic E-state index is 6.59. The molecule has 0 atom stereocenters. The zero-order chi connectivity index (χ0) is 21.2. The lowest BCUT2D eigenvalue weighted by Crippen LogP contribution is -2.19. The van der Waals surface area contributed by atoms with Gasteiger partial charge in [-0.15, -0.1) is 0 Å². The molecule has 2 heterocycles. The molecule has 0 amide bonds. The minimum atomic E-state index is 0.814. The van der Waals surface area contributed by atoms with Crippen LogP contribution in [0.3, 0.4) is 0 Å². The normalized spacial score (nSPS) is 14.2. The summed E-state index contributed by atoms with van der Waals surface area (Å²) in [6.07, 6.45) is 2.55. The van der Waals surface area contributed by atoms with E-state index >= 15 is 0 Å². The Kier molecular flexibility index (Phi) is 5.31. The van der Waals surface area contributed by atoms with Gasteiger partial charge in [-0.25, -0.2) is 4.98 Å². The number of nitrogens with zero attached hydrogens (tertiary/aromatic N) is 2. The van der Waals surface area contributed by atoms with Gasteiger partial charge in [-0.05, 0) is 79.5 Å². The highest BCUT2D eigenvalue weighted by molar-refractivity contribution is 6.00. The van der Waals surface area contributed by atoms with E-state index in [-0.39, 0.29) is 0 Å². The Morgan fingerprint density at radius 3 is 2.48 bits per heavy atom. The van der Waals surface area contributed by atoms with Gasteiger partial charge in [-0.3, -0.25) is 4.90 Å². The lowest BCUT2D eigenvalue weighted by Gasteiger charge is -2.20. The first-order chi connectivity index (χ1) is 15.2. The van der Waals surface area contributed by atoms with Gasteiger partial charge in [0.05, 0.1) is 18.3 Å². The second kappa shape index (κ2) is 8.40. The molecule has 1 saturated heterocycles. The Balaban J connectivity index is 1.69. The summed E-state index contributed by atoms with van der Waals surface area (Å²) < 4.78 is 5.32. The second-order valence-electron chi connectivity index (χ2n) is 8.17. The van der Waals surface area contributed by atoms with Gasteiger partial charge in [0.25, 0.3) is 0 Å². The van der Waals surface area contributed by atoms with E-state index in [4.69, 9.17) is 15.5 Å². The molecule has 156 valence electrons. The fourth-order valence-corrected chi connectivity index (χ4v) is 4.55. The number of likely N-dealkylation sites (tertiary alicyclic amines) is 1. The number of pyridine rings is 1. The molecule has 1 aliphatic rings. The van der Waals surface area contributed by atoms with E-state index in [1.165, 1.54) is 18.4 Å². The lowest BCUT2D eigenvalue weighted by atomic mass is 9.93. The zero-order valence-corrected chi connectivity index (χ0v) is 17.8. The topological polar surface area (TPSA) is 51.4 Å². The highest BCUT2D eigenvalue weighted by atomic mass is 16.5. The molecule has 0 unspecified atom stereocenters. The van der Waals surface area contributed by atoms with Crippen molar-refractivity contribution in [3.8, 4) is 28.1 Å². The van der Waals surface area contributed by atoms with Crippen LogP contribution in [0.1, 0.15) is 18.4 Å². The summed E-state index contributed by atoms with van der Waals surface area (Å²) >= 11 is 0. The molecule has 0 aliphatic carbocycles. The Morgan fingerprint density at radius 1 is 0.935 bits per heavy atom. The van der Waals surface area contributed by atoms with E-state index in [0.29, 0.717) is 0 Å². The minimum absolute atomic E-state index is 0.814. The second-order valence-corrected chi connectivity index (χ2v) is 8.17. The van der Waals surface area contributed by atoms with Crippen LogP contribution in [0.15, 0.2) is 72.8 Å². The van der Waals surface area contributed by atoms with E-state index < -0.39 is 0 Å². The highest BCUT2D eigenvalue weighted by Gasteiger charge is 2.18. The van der Waals surface area contributed by atoms with E-state index in [2.05, 4.69) is 53.4 Å². The predicted octanol–water partition coefficient (Wildman–Crippen LogP) is 5.76. The molecule has 4 heteroatoms. The standard InChI is InChI=1S/C27H27N3O/c1-31-21-13-11-19(12-14-21)26-17-23(22-8-2-3-10-25(22)29-26)27-20(7-6-9-24(27)28)18-30-15-4-5-16-30/h2-3,6-14,17H,4-5,15-16,18,28H2,1H3. The van der Waals surface area contributed by atoms with Gasteiger partial charge in [0.2, 0.25) is 0 Å².